The molecule has 2 heterocycles. The Hall–Kier alpha value is -3.59. The molecule has 0 aliphatic carbocycles. The van der Waals surface area contributed by atoms with Gasteiger partial charge in [0, 0.05) is 19.2 Å². The molecule has 0 saturated heterocycles. The van der Waals surface area contributed by atoms with Gasteiger partial charge in [-0.05, 0) is 36.6 Å². The molecule has 4 rings (SSSR count). The van der Waals surface area contributed by atoms with Crippen molar-refractivity contribution in [3.8, 4) is 17.2 Å². The standard InChI is InChI=1S/C22H21N5O/c1-14-2-5-16(6-3-14)17-7-8-18(24)19(10-17)26-22(28)20-13-27-12-15(11-23)4-9-21(27)25-20/h2-3,5-8,10,13,15H,4,9,12,24H2,1H3,(H,26,28). The van der Waals surface area contributed by atoms with E-state index in [2.05, 4.69) is 16.4 Å². The van der Waals surface area contributed by atoms with Gasteiger partial charge >= 0.3 is 0 Å². The first-order chi connectivity index (χ1) is 13.5. The van der Waals surface area contributed by atoms with Crippen molar-refractivity contribution in [1.82, 2.24) is 9.55 Å². The van der Waals surface area contributed by atoms with Gasteiger partial charge in [-0.15, -0.1) is 0 Å². The molecule has 0 fully saturated rings. The Morgan fingerprint density at radius 1 is 1.25 bits per heavy atom. The van der Waals surface area contributed by atoms with E-state index in [-0.39, 0.29) is 11.8 Å². The van der Waals surface area contributed by atoms with E-state index in [4.69, 9.17) is 11.0 Å². The summed E-state index contributed by atoms with van der Waals surface area (Å²) < 4.78 is 1.90. The monoisotopic (exact) mass is 371 g/mol. The van der Waals surface area contributed by atoms with Gasteiger partial charge in [-0.1, -0.05) is 35.9 Å². The normalized spacial score (nSPS) is 15.5. The quantitative estimate of drug-likeness (QED) is 0.685. The fraction of sp³-hybridized carbons (Fsp3) is 0.227. The molecular weight excluding hydrogens is 350 g/mol. The van der Waals surface area contributed by atoms with Crippen molar-refractivity contribution in [2.24, 2.45) is 5.92 Å². The van der Waals surface area contributed by atoms with Crippen LogP contribution in [-0.4, -0.2) is 15.5 Å². The van der Waals surface area contributed by atoms with E-state index in [1.165, 1.54) is 5.56 Å². The average molecular weight is 371 g/mol. The summed E-state index contributed by atoms with van der Waals surface area (Å²) in [7, 11) is 0. The number of hydrogen-bond acceptors (Lipinski definition) is 4. The van der Waals surface area contributed by atoms with Gasteiger partial charge < -0.3 is 15.6 Å². The van der Waals surface area contributed by atoms with Crippen molar-refractivity contribution in [3.63, 3.8) is 0 Å². The number of hydrogen-bond donors (Lipinski definition) is 2. The second-order valence-corrected chi connectivity index (χ2v) is 7.18. The lowest BCUT2D eigenvalue weighted by Crippen LogP contribution is -2.18. The molecule has 0 spiro atoms. The number of nitrogens with two attached hydrogens (primary N) is 1. The summed E-state index contributed by atoms with van der Waals surface area (Å²) >= 11 is 0. The molecule has 3 N–H and O–H groups in total. The fourth-order valence-corrected chi connectivity index (χ4v) is 3.44. The van der Waals surface area contributed by atoms with Crippen molar-refractivity contribution < 1.29 is 4.79 Å². The van der Waals surface area contributed by atoms with Crippen LogP contribution < -0.4 is 11.1 Å². The number of nitrogens with zero attached hydrogens (tertiary/aromatic N) is 3. The van der Waals surface area contributed by atoms with Gasteiger partial charge in [0.15, 0.2) is 0 Å². The van der Waals surface area contributed by atoms with Crippen LogP contribution in [0.3, 0.4) is 0 Å². The predicted octanol–water partition coefficient (Wildman–Crippen LogP) is 3.78. The summed E-state index contributed by atoms with van der Waals surface area (Å²) in [6, 6.07) is 16.1. The highest BCUT2D eigenvalue weighted by molar-refractivity contribution is 6.04. The van der Waals surface area contributed by atoms with Gasteiger partial charge in [0.2, 0.25) is 0 Å². The van der Waals surface area contributed by atoms with Gasteiger partial charge in [-0.25, -0.2) is 4.98 Å². The molecule has 1 aliphatic rings. The minimum atomic E-state index is -0.303. The molecule has 0 radical (unpaired) electrons. The second-order valence-electron chi connectivity index (χ2n) is 7.18. The van der Waals surface area contributed by atoms with Crippen LogP contribution in [0.25, 0.3) is 11.1 Å². The topological polar surface area (TPSA) is 96.7 Å². The molecule has 1 atom stereocenters. The largest absolute Gasteiger partial charge is 0.397 e. The molecule has 0 bridgehead atoms. The highest BCUT2D eigenvalue weighted by Crippen LogP contribution is 2.28. The lowest BCUT2D eigenvalue weighted by Gasteiger charge is -2.17. The number of aromatic nitrogens is 2. The van der Waals surface area contributed by atoms with E-state index in [0.29, 0.717) is 30.0 Å². The Morgan fingerprint density at radius 2 is 2.00 bits per heavy atom. The van der Waals surface area contributed by atoms with Gasteiger partial charge in [-0.3, -0.25) is 4.79 Å². The molecular formula is C22H21N5O. The number of carbonyl (C=O) groups excluding carboxylic acids is 1. The first kappa shape index (κ1) is 17.8. The maximum atomic E-state index is 12.7. The zero-order valence-electron chi connectivity index (χ0n) is 15.6. The van der Waals surface area contributed by atoms with Crippen LogP contribution in [0.15, 0.2) is 48.7 Å². The predicted molar refractivity (Wildman–Crippen MR) is 109 cm³/mol. The molecule has 1 amide bonds. The van der Waals surface area contributed by atoms with Crippen molar-refractivity contribution >= 4 is 17.3 Å². The number of benzene rings is 2. The summed E-state index contributed by atoms with van der Waals surface area (Å²) in [5.74, 6) is 0.514. The van der Waals surface area contributed by atoms with Gasteiger partial charge in [0.05, 0.1) is 23.4 Å². The highest BCUT2D eigenvalue weighted by atomic mass is 16.1. The number of nitrogens with one attached hydrogen (secondary N) is 1. The molecule has 6 nitrogen and oxygen atoms in total. The van der Waals surface area contributed by atoms with E-state index in [0.717, 1.165) is 23.4 Å². The van der Waals surface area contributed by atoms with E-state index in [1.807, 2.05) is 47.9 Å². The summed E-state index contributed by atoms with van der Waals surface area (Å²) in [6.07, 6.45) is 3.20. The zero-order chi connectivity index (χ0) is 19.7. The number of amides is 1. The second kappa shape index (κ2) is 7.20. The molecule has 2 aromatic carbocycles. The zero-order valence-corrected chi connectivity index (χ0v) is 15.6. The van der Waals surface area contributed by atoms with Crippen LogP contribution in [0.5, 0.6) is 0 Å². The van der Waals surface area contributed by atoms with Crippen LogP contribution in [0.2, 0.25) is 0 Å². The number of nitrogen functional groups attached to an aromatic ring is 1. The number of imidazole rings is 1. The number of anilines is 2. The number of fused-ring (bicyclic) bond motifs is 1. The molecule has 1 aromatic heterocycles. The number of nitriles is 1. The van der Waals surface area contributed by atoms with Gasteiger partial charge in [0.1, 0.15) is 11.5 Å². The summed E-state index contributed by atoms with van der Waals surface area (Å²) in [5.41, 5.74) is 10.7. The Morgan fingerprint density at radius 3 is 2.75 bits per heavy atom. The third-order valence-electron chi connectivity index (χ3n) is 5.09. The molecule has 0 saturated carbocycles. The first-order valence-corrected chi connectivity index (χ1v) is 9.27. The van der Waals surface area contributed by atoms with E-state index >= 15 is 0 Å². The minimum absolute atomic E-state index is 0.0283. The summed E-state index contributed by atoms with van der Waals surface area (Å²) in [5, 5.41) is 12.0. The minimum Gasteiger partial charge on any atom is -0.397 e. The summed E-state index contributed by atoms with van der Waals surface area (Å²) in [6.45, 7) is 2.62. The number of rotatable bonds is 3. The molecule has 140 valence electrons. The smallest absolute Gasteiger partial charge is 0.275 e. The van der Waals surface area contributed by atoms with Crippen LogP contribution in [-0.2, 0) is 13.0 Å². The number of aryl methyl sites for hydroxylation is 2. The van der Waals surface area contributed by atoms with E-state index < -0.39 is 0 Å². The number of carbonyl (C=O) groups is 1. The third-order valence-corrected chi connectivity index (χ3v) is 5.09. The molecule has 3 aromatic rings. The van der Waals surface area contributed by atoms with Crippen LogP contribution >= 0.6 is 0 Å². The SMILES string of the molecule is Cc1ccc(-c2ccc(N)c(NC(=O)c3cn4c(n3)CCC(C#N)C4)c2)cc1. The van der Waals surface area contributed by atoms with E-state index in [1.54, 1.807) is 12.3 Å². The Balaban J connectivity index is 1.57. The van der Waals surface area contributed by atoms with Crippen LogP contribution in [0.4, 0.5) is 11.4 Å². The van der Waals surface area contributed by atoms with Gasteiger partial charge in [-0.2, -0.15) is 5.26 Å². The molecule has 28 heavy (non-hydrogen) atoms. The Kier molecular flexibility index (Phi) is 4.58. The highest BCUT2D eigenvalue weighted by Gasteiger charge is 2.22. The maximum absolute atomic E-state index is 12.7. The van der Waals surface area contributed by atoms with Crippen molar-refractivity contribution in [3.05, 3.63) is 65.7 Å². The van der Waals surface area contributed by atoms with Crippen LogP contribution in [0, 0.1) is 24.2 Å². The third kappa shape index (κ3) is 3.47. The molecule has 6 heteroatoms. The van der Waals surface area contributed by atoms with E-state index in [9.17, 15) is 4.79 Å². The lowest BCUT2D eigenvalue weighted by molar-refractivity contribution is 0.102. The Labute approximate surface area is 163 Å². The maximum Gasteiger partial charge on any atom is 0.275 e. The van der Waals surface area contributed by atoms with Crippen molar-refractivity contribution in [1.29, 1.82) is 5.26 Å². The van der Waals surface area contributed by atoms with Crippen LogP contribution in [0.1, 0.15) is 28.3 Å². The lowest BCUT2D eigenvalue weighted by atomic mass is 10.0. The Bertz CT molecular complexity index is 1080. The summed E-state index contributed by atoms with van der Waals surface area (Å²) in [4.78, 5) is 17.2. The first-order valence-electron chi connectivity index (χ1n) is 9.27. The average Bonchev–Trinajstić information content (AvgIpc) is 3.13. The van der Waals surface area contributed by atoms with Gasteiger partial charge in [0.25, 0.3) is 5.91 Å². The molecule has 1 unspecified atom stereocenters. The fourth-order valence-electron chi connectivity index (χ4n) is 3.44. The van der Waals surface area contributed by atoms with Crippen molar-refractivity contribution in [2.75, 3.05) is 11.1 Å². The van der Waals surface area contributed by atoms with Crippen molar-refractivity contribution in [2.45, 2.75) is 26.3 Å². The molecule has 1 aliphatic heterocycles.